The summed E-state index contributed by atoms with van der Waals surface area (Å²) in [5, 5.41) is 37.7. The number of rotatable bonds is 22. The minimum Gasteiger partial charge on any atom is -0.481 e. The summed E-state index contributed by atoms with van der Waals surface area (Å²) >= 11 is 0. The number of guanidine groups is 1. The van der Waals surface area contributed by atoms with Crippen LogP contribution in [0.15, 0.2) is 12.5 Å². The summed E-state index contributed by atoms with van der Waals surface area (Å²) in [6.45, 7) is 3.71. The van der Waals surface area contributed by atoms with Crippen LogP contribution in [-0.2, 0) is 40.0 Å². The Balaban J connectivity index is 3.15. The fourth-order valence-corrected chi connectivity index (χ4v) is 4.15. The Bertz CT molecular complexity index is 1210. The Labute approximate surface area is 264 Å². The number of H-pyrrole nitrogens is 1. The number of nitrogens with one attached hydrogen (secondary N) is 7. The molecule has 1 aromatic rings. The monoisotopic (exact) mass is 651 g/mol. The first-order valence-corrected chi connectivity index (χ1v) is 14.5. The van der Waals surface area contributed by atoms with E-state index in [2.05, 4.69) is 36.6 Å². The lowest BCUT2D eigenvalue weighted by Gasteiger charge is -2.27. The molecule has 1 rings (SSSR count). The molecular formula is C27H43N10O9. The van der Waals surface area contributed by atoms with E-state index in [1.165, 1.54) is 12.5 Å². The predicted octanol–water partition coefficient (Wildman–Crippen LogP) is -3.02. The molecule has 0 fully saturated rings. The number of carboxylic acid groups (broad SMARTS) is 2. The SMILES string of the molecule is CC(C)C[C@H](NC(=O)[C@H](CCC(=O)O)NC(=O)[C@@H](N)CC(=O)O)C(=O)N[C@@H](CCCNC(=N)N)C(=O)N[C@H]([C]=O)Cc1c[nH]cn1. The molecule has 13 N–H and O–H groups in total. The highest BCUT2D eigenvalue weighted by Crippen LogP contribution is 2.09. The highest BCUT2D eigenvalue weighted by atomic mass is 16.4. The molecule has 0 aromatic carbocycles. The van der Waals surface area contributed by atoms with E-state index in [0.29, 0.717) is 5.69 Å². The van der Waals surface area contributed by atoms with Gasteiger partial charge in [-0.15, -0.1) is 0 Å². The normalized spacial score (nSPS) is 14.1. The van der Waals surface area contributed by atoms with Crippen LogP contribution in [-0.4, -0.2) is 105 Å². The summed E-state index contributed by atoms with van der Waals surface area (Å²) in [6.07, 6.45) is 3.36. The van der Waals surface area contributed by atoms with Crippen LogP contribution in [0.3, 0.4) is 0 Å². The Morgan fingerprint density at radius 2 is 1.52 bits per heavy atom. The second-order valence-electron chi connectivity index (χ2n) is 10.9. The first-order chi connectivity index (χ1) is 21.6. The number of imidazole rings is 1. The van der Waals surface area contributed by atoms with Crippen molar-refractivity contribution in [3.63, 3.8) is 0 Å². The van der Waals surface area contributed by atoms with Crippen molar-refractivity contribution in [1.82, 2.24) is 36.6 Å². The van der Waals surface area contributed by atoms with Crippen LogP contribution in [0.5, 0.6) is 0 Å². The van der Waals surface area contributed by atoms with Gasteiger partial charge in [-0.3, -0.25) is 39.0 Å². The average molecular weight is 652 g/mol. The molecule has 0 aliphatic heterocycles. The maximum atomic E-state index is 13.5. The molecule has 0 aliphatic rings. The molecule has 0 saturated heterocycles. The van der Waals surface area contributed by atoms with Crippen LogP contribution in [0, 0.1) is 11.3 Å². The summed E-state index contributed by atoms with van der Waals surface area (Å²) in [5.41, 5.74) is 11.4. The average Bonchev–Trinajstić information content (AvgIpc) is 3.47. The molecular weight excluding hydrogens is 608 g/mol. The summed E-state index contributed by atoms with van der Waals surface area (Å²) in [5.74, 6) is -6.55. The Kier molecular flexibility index (Phi) is 17.0. The number of carboxylic acids is 2. The number of aromatic nitrogens is 2. The molecule has 0 bridgehead atoms. The number of aromatic amines is 1. The Hall–Kier alpha value is -5.07. The standard InChI is InChI=1S/C27H43N10O9/c1-14(2)8-20(37-25(45)19(5-6-21(39)40)35-23(43)17(28)10-22(41)42)26(46)36-18(4-3-7-32-27(29)30)24(44)34-16(12-38)9-15-11-31-13-33-15/h11,13-14,16-20H,3-10,28H2,1-2H3,(H,31,33)(H,34,44)(H,35,43)(H,36,46)(H,37,45)(H,39,40)(H,41,42)(H4,29,30,32)/t16-,17-,18-,19-,20-/m0/s1. The van der Waals surface area contributed by atoms with E-state index in [1.54, 1.807) is 20.1 Å². The minimum atomic E-state index is -1.52. The van der Waals surface area contributed by atoms with Crippen molar-refractivity contribution in [3.8, 4) is 0 Å². The lowest BCUT2D eigenvalue weighted by molar-refractivity contribution is -0.140. The van der Waals surface area contributed by atoms with Crippen LogP contribution in [0.25, 0.3) is 0 Å². The van der Waals surface area contributed by atoms with Crippen molar-refractivity contribution in [2.24, 2.45) is 17.4 Å². The van der Waals surface area contributed by atoms with Crippen LogP contribution in [0.1, 0.15) is 58.1 Å². The van der Waals surface area contributed by atoms with Gasteiger partial charge in [0.05, 0.1) is 24.5 Å². The highest BCUT2D eigenvalue weighted by Gasteiger charge is 2.32. The van der Waals surface area contributed by atoms with E-state index < -0.39 is 85.0 Å². The molecule has 0 saturated carbocycles. The molecule has 255 valence electrons. The molecule has 19 heteroatoms. The fourth-order valence-electron chi connectivity index (χ4n) is 4.15. The summed E-state index contributed by atoms with van der Waals surface area (Å²) < 4.78 is 0. The predicted molar refractivity (Wildman–Crippen MR) is 161 cm³/mol. The summed E-state index contributed by atoms with van der Waals surface area (Å²) in [7, 11) is 0. The largest absolute Gasteiger partial charge is 0.481 e. The van der Waals surface area contributed by atoms with Crippen molar-refractivity contribution in [2.75, 3.05) is 6.54 Å². The van der Waals surface area contributed by atoms with Gasteiger partial charge in [-0.05, 0) is 31.6 Å². The second kappa shape index (κ2) is 20.1. The zero-order chi connectivity index (χ0) is 34.8. The van der Waals surface area contributed by atoms with Crippen molar-refractivity contribution in [2.45, 2.75) is 89.0 Å². The van der Waals surface area contributed by atoms with Gasteiger partial charge in [0.15, 0.2) is 5.96 Å². The Morgan fingerprint density at radius 3 is 2.07 bits per heavy atom. The molecule has 1 radical (unpaired) electrons. The van der Waals surface area contributed by atoms with Gasteiger partial charge in [-0.2, -0.15) is 0 Å². The second-order valence-corrected chi connectivity index (χ2v) is 10.9. The third-order valence-electron chi connectivity index (χ3n) is 6.40. The Morgan fingerprint density at radius 1 is 0.935 bits per heavy atom. The van der Waals surface area contributed by atoms with Crippen molar-refractivity contribution in [3.05, 3.63) is 18.2 Å². The number of carbonyl (C=O) groups excluding carboxylic acids is 5. The number of hydrogen-bond acceptors (Lipinski definition) is 10. The van der Waals surface area contributed by atoms with E-state index in [-0.39, 0.29) is 44.1 Å². The van der Waals surface area contributed by atoms with Crippen LogP contribution < -0.4 is 38.1 Å². The van der Waals surface area contributed by atoms with Gasteiger partial charge in [0.25, 0.3) is 0 Å². The number of carbonyl (C=O) groups is 6. The molecule has 0 unspecified atom stereocenters. The van der Waals surface area contributed by atoms with Crippen LogP contribution >= 0.6 is 0 Å². The molecule has 1 aromatic heterocycles. The van der Waals surface area contributed by atoms with E-state index in [1.807, 2.05) is 0 Å². The van der Waals surface area contributed by atoms with Gasteiger partial charge in [0.1, 0.15) is 24.2 Å². The van der Waals surface area contributed by atoms with E-state index >= 15 is 0 Å². The maximum Gasteiger partial charge on any atom is 0.305 e. The number of aliphatic carboxylic acids is 2. The molecule has 5 atom stereocenters. The van der Waals surface area contributed by atoms with Gasteiger partial charge >= 0.3 is 11.9 Å². The molecule has 46 heavy (non-hydrogen) atoms. The quantitative estimate of drug-likeness (QED) is 0.0338. The lowest BCUT2D eigenvalue weighted by atomic mass is 10.0. The van der Waals surface area contributed by atoms with Crippen molar-refractivity contribution < 1.29 is 43.8 Å². The number of amides is 4. The zero-order valence-corrected chi connectivity index (χ0v) is 25.6. The number of hydrogen-bond donors (Lipinski definition) is 11. The summed E-state index contributed by atoms with van der Waals surface area (Å²) in [4.78, 5) is 92.8. The molecule has 0 spiro atoms. The number of nitrogens with zero attached hydrogens (tertiary/aromatic N) is 1. The third kappa shape index (κ3) is 15.6. The van der Waals surface area contributed by atoms with Crippen molar-refractivity contribution in [1.29, 1.82) is 5.41 Å². The number of nitrogens with two attached hydrogens (primary N) is 2. The lowest BCUT2D eigenvalue weighted by Crippen LogP contribution is -2.58. The topological polar surface area (TPSA) is 325 Å². The molecule has 1 heterocycles. The smallest absolute Gasteiger partial charge is 0.305 e. The van der Waals surface area contributed by atoms with E-state index in [9.17, 15) is 33.6 Å². The zero-order valence-electron chi connectivity index (χ0n) is 25.6. The molecule has 4 amide bonds. The maximum absolute atomic E-state index is 13.5. The van der Waals surface area contributed by atoms with Crippen LogP contribution in [0.2, 0.25) is 0 Å². The van der Waals surface area contributed by atoms with Crippen LogP contribution in [0.4, 0.5) is 0 Å². The van der Waals surface area contributed by atoms with E-state index in [0.717, 1.165) is 0 Å². The fraction of sp³-hybridized carbons (Fsp3) is 0.593. The van der Waals surface area contributed by atoms with Gasteiger partial charge < -0.3 is 53.2 Å². The minimum absolute atomic E-state index is 0.0247. The van der Waals surface area contributed by atoms with Gasteiger partial charge in [-0.1, -0.05) is 13.8 Å². The molecule has 19 nitrogen and oxygen atoms in total. The summed E-state index contributed by atoms with van der Waals surface area (Å²) in [6, 6.07) is -6.56. The van der Waals surface area contributed by atoms with Gasteiger partial charge in [0, 0.05) is 25.6 Å². The first-order valence-electron chi connectivity index (χ1n) is 14.5. The van der Waals surface area contributed by atoms with Crippen molar-refractivity contribution >= 4 is 47.8 Å². The first kappa shape index (κ1) is 39.0. The molecule has 0 aliphatic carbocycles. The van der Waals surface area contributed by atoms with Gasteiger partial charge in [-0.25, -0.2) is 4.98 Å². The highest BCUT2D eigenvalue weighted by molar-refractivity contribution is 5.95. The van der Waals surface area contributed by atoms with Gasteiger partial charge in [0.2, 0.25) is 29.9 Å². The van der Waals surface area contributed by atoms with E-state index in [4.69, 9.17) is 27.1 Å². The third-order valence-corrected chi connectivity index (χ3v) is 6.40.